The highest BCUT2D eigenvalue weighted by molar-refractivity contribution is 5.99. The minimum Gasteiger partial charge on any atom is -0.505 e. The fourth-order valence-corrected chi connectivity index (χ4v) is 4.26. The Balaban J connectivity index is 1.89. The number of benzene rings is 2. The van der Waals surface area contributed by atoms with Gasteiger partial charge in [0.25, 0.3) is 0 Å². The Bertz CT molecular complexity index is 1440. The summed E-state index contributed by atoms with van der Waals surface area (Å²) in [5.41, 5.74) is 3.76. The van der Waals surface area contributed by atoms with Crippen LogP contribution in [0.2, 0.25) is 0 Å². The van der Waals surface area contributed by atoms with Crippen molar-refractivity contribution in [2.24, 2.45) is 10.2 Å². The van der Waals surface area contributed by atoms with Crippen LogP contribution in [0.1, 0.15) is 42.1 Å². The fourth-order valence-electron chi connectivity index (χ4n) is 4.26. The predicted molar refractivity (Wildman–Crippen MR) is 145 cm³/mol. The second kappa shape index (κ2) is 11.1. The molecule has 3 aromatic rings. The van der Waals surface area contributed by atoms with Gasteiger partial charge in [-0.1, -0.05) is 42.5 Å². The molecule has 3 N–H and O–H groups in total. The third-order valence-corrected chi connectivity index (χ3v) is 6.16. The Morgan fingerprint density at radius 2 is 1.79 bits per heavy atom. The number of aromatic nitrogens is 2. The summed E-state index contributed by atoms with van der Waals surface area (Å²) in [5.74, 6) is -1.40. The quantitative estimate of drug-likeness (QED) is 0.165. The van der Waals surface area contributed by atoms with Gasteiger partial charge in [0.1, 0.15) is 0 Å². The fraction of sp³-hybridized carbons (Fsp3) is 0.250. The van der Waals surface area contributed by atoms with Crippen LogP contribution in [0.25, 0.3) is 5.76 Å². The van der Waals surface area contributed by atoms with Gasteiger partial charge in [0.2, 0.25) is 0 Å². The molecule has 38 heavy (non-hydrogen) atoms. The van der Waals surface area contributed by atoms with Crippen molar-refractivity contribution in [3.63, 3.8) is 0 Å². The third kappa shape index (κ3) is 5.19. The van der Waals surface area contributed by atoms with Gasteiger partial charge >= 0.3 is 5.97 Å². The Labute approximate surface area is 220 Å². The number of fused-ring (bicyclic) bond motifs is 1. The molecule has 1 atom stereocenters. The number of azo groups is 1. The van der Waals surface area contributed by atoms with Crippen molar-refractivity contribution in [1.82, 2.24) is 10.2 Å². The molecule has 4 rings (SSSR count). The molecular weight excluding hydrogens is 484 g/mol. The number of anilines is 2. The van der Waals surface area contributed by atoms with E-state index in [1.807, 2.05) is 50.2 Å². The molecule has 1 aliphatic heterocycles. The summed E-state index contributed by atoms with van der Waals surface area (Å²) in [6, 6.07) is 16.4. The molecule has 0 radical (unpaired) electrons. The molecule has 1 aliphatic rings. The number of nitrogens with one attached hydrogen (secondary N) is 2. The molecule has 0 saturated carbocycles. The number of ketones is 1. The van der Waals surface area contributed by atoms with E-state index < -0.39 is 17.7 Å². The maximum atomic E-state index is 13.4. The molecule has 196 valence electrons. The maximum Gasteiger partial charge on any atom is 0.338 e. The topological polar surface area (TPSA) is 132 Å². The number of aliphatic hydroxyl groups excluding tert-OH is 1. The molecule has 10 nitrogen and oxygen atoms in total. The average molecular weight is 515 g/mol. The normalized spacial score (nSPS) is 15.6. The number of carbonyl (C=O) groups is 2. The highest BCUT2D eigenvalue weighted by Crippen LogP contribution is 2.43. The van der Waals surface area contributed by atoms with Crippen molar-refractivity contribution < 1.29 is 19.4 Å². The first-order valence-electron chi connectivity index (χ1n) is 12.1. The highest BCUT2D eigenvalue weighted by Gasteiger charge is 2.38. The van der Waals surface area contributed by atoms with Crippen LogP contribution in [0.5, 0.6) is 0 Å². The van der Waals surface area contributed by atoms with Gasteiger partial charge in [-0.3, -0.25) is 9.89 Å². The van der Waals surface area contributed by atoms with Crippen LogP contribution >= 0.6 is 0 Å². The summed E-state index contributed by atoms with van der Waals surface area (Å²) < 4.78 is 5.42. The van der Waals surface area contributed by atoms with Gasteiger partial charge in [-0.05, 0) is 31.5 Å². The number of aliphatic hydroxyl groups is 1. The van der Waals surface area contributed by atoms with E-state index in [1.54, 1.807) is 37.3 Å². The molecule has 0 amide bonds. The number of rotatable bonds is 8. The summed E-state index contributed by atoms with van der Waals surface area (Å²) in [6.45, 7) is 5.04. The molecule has 1 unspecified atom stereocenters. The summed E-state index contributed by atoms with van der Waals surface area (Å²) in [4.78, 5) is 27.7. The Morgan fingerprint density at radius 3 is 2.39 bits per heavy atom. The van der Waals surface area contributed by atoms with E-state index in [2.05, 4.69) is 25.7 Å². The van der Waals surface area contributed by atoms with E-state index in [1.165, 1.54) is 6.92 Å². The summed E-state index contributed by atoms with van der Waals surface area (Å²) in [5, 5.41) is 29.5. The number of aryl methyl sites for hydroxylation is 1. The molecule has 0 fully saturated rings. The number of hydrogen-bond acceptors (Lipinski definition) is 9. The van der Waals surface area contributed by atoms with Gasteiger partial charge in [0.05, 0.1) is 18.1 Å². The first kappa shape index (κ1) is 26.3. The zero-order valence-electron chi connectivity index (χ0n) is 21.9. The van der Waals surface area contributed by atoms with E-state index in [-0.39, 0.29) is 29.5 Å². The third-order valence-electron chi connectivity index (χ3n) is 6.16. The lowest BCUT2D eigenvalue weighted by molar-refractivity contribution is -0.138. The zero-order chi connectivity index (χ0) is 27.4. The zero-order valence-corrected chi connectivity index (χ0v) is 21.9. The number of allylic oxidation sites excluding steroid dienone is 1. The predicted octanol–water partition coefficient (Wildman–Crippen LogP) is 5.08. The van der Waals surface area contributed by atoms with E-state index in [0.717, 1.165) is 22.5 Å². The van der Waals surface area contributed by atoms with Gasteiger partial charge in [0.15, 0.2) is 28.9 Å². The second-order valence-corrected chi connectivity index (χ2v) is 8.96. The smallest absolute Gasteiger partial charge is 0.338 e. The van der Waals surface area contributed by atoms with Crippen molar-refractivity contribution in [3.8, 4) is 0 Å². The van der Waals surface area contributed by atoms with E-state index in [4.69, 9.17) is 4.74 Å². The lowest BCUT2D eigenvalue weighted by atomic mass is 9.82. The van der Waals surface area contributed by atoms with E-state index in [9.17, 15) is 14.7 Å². The SMILES string of the molecule is CCOC(=O)C1=C(N=N/C(C(C)=O)=C(/O)c2ccccc2)Nc2n[nH]c(C)c2C1c1ccc(N(C)C)cc1. The molecule has 0 spiro atoms. The molecule has 0 bridgehead atoms. The second-order valence-electron chi connectivity index (χ2n) is 8.96. The Hall–Kier alpha value is -4.73. The van der Waals surface area contributed by atoms with Crippen LogP contribution in [-0.2, 0) is 14.3 Å². The summed E-state index contributed by atoms with van der Waals surface area (Å²) in [6.07, 6.45) is 0. The van der Waals surface area contributed by atoms with Crippen LogP contribution in [0.15, 0.2) is 81.9 Å². The molecular formula is C28H30N6O4. The summed E-state index contributed by atoms with van der Waals surface area (Å²) >= 11 is 0. The number of H-pyrrole nitrogens is 1. The minimum absolute atomic E-state index is 0.0729. The molecule has 0 saturated heterocycles. The number of hydrogen-bond donors (Lipinski definition) is 3. The van der Waals surface area contributed by atoms with Gasteiger partial charge in [-0.25, -0.2) is 4.79 Å². The van der Waals surface area contributed by atoms with Crippen molar-refractivity contribution >= 4 is 29.0 Å². The number of esters is 1. The van der Waals surface area contributed by atoms with Gasteiger partial charge in [-0.2, -0.15) is 5.10 Å². The minimum atomic E-state index is -0.581. The van der Waals surface area contributed by atoms with E-state index >= 15 is 0 Å². The van der Waals surface area contributed by atoms with Gasteiger partial charge < -0.3 is 20.1 Å². The first-order valence-corrected chi connectivity index (χ1v) is 12.1. The molecule has 10 heteroatoms. The van der Waals surface area contributed by atoms with Crippen LogP contribution in [0.3, 0.4) is 0 Å². The van der Waals surface area contributed by atoms with Crippen LogP contribution in [0.4, 0.5) is 11.5 Å². The van der Waals surface area contributed by atoms with Crippen LogP contribution in [-0.4, -0.2) is 47.8 Å². The Kier molecular flexibility index (Phi) is 7.71. The molecule has 1 aromatic heterocycles. The van der Waals surface area contributed by atoms with Gasteiger partial charge in [-0.15, -0.1) is 10.2 Å². The number of nitrogens with zero attached hydrogens (tertiary/aromatic N) is 4. The number of aromatic amines is 1. The number of carbonyl (C=O) groups excluding carboxylic acids is 2. The van der Waals surface area contributed by atoms with Crippen molar-refractivity contribution in [2.75, 3.05) is 30.9 Å². The Morgan fingerprint density at radius 1 is 1.11 bits per heavy atom. The lowest BCUT2D eigenvalue weighted by Gasteiger charge is -2.27. The van der Waals surface area contributed by atoms with Gasteiger partial charge in [0, 0.05) is 43.5 Å². The largest absolute Gasteiger partial charge is 0.505 e. The van der Waals surface area contributed by atoms with Crippen LogP contribution in [0, 0.1) is 6.92 Å². The lowest BCUT2D eigenvalue weighted by Crippen LogP contribution is -2.25. The standard InChI is InChI=1S/C28H30N6O4/c1-6-38-28(37)23-22(18-12-14-20(15-13-18)34(4)5)21-16(2)30-32-26(21)29-27(23)33-31-24(17(3)35)25(36)19-10-8-7-9-11-19/h7-15,22,36H,6H2,1-5H3,(H2,29,30,32)/b25-24+,33-31?. The average Bonchev–Trinajstić information content (AvgIpc) is 3.28. The molecule has 2 aromatic carbocycles. The van der Waals surface area contributed by atoms with Crippen LogP contribution < -0.4 is 10.2 Å². The maximum absolute atomic E-state index is 13.4. The molecule has 0 aliphatic carbocycles. The highest BCUT2D eigenvalue weighted by atomic mass is 16.5. The monoisotopic (exact) mass is 514 g/mol. The first-order chi connectivity index (χ1) is 18.2. The molecule has 2 heterocycles. The summed E-state index contributed by atoms with van der Waals surface area (Å²) in [7, 11) is 3.90. The van der Waals surface area contributed by atoms with Crippen molar-refractivity contribution in [2.45, 2.75) is 26.7 Å². The number of Topliss-reactive ketones (excluding diaryl/α,β-unsaturated/α-hetero) is 1. The van der Waals surface area contributed by atoms with Crippen molar-refractivity contribution in [1.29, 1.82) is 0 Å². The van der Waals surface area contributed by atoms with Crippen molar-refractivity contribution in [3.05, 3.63) is 94.1 Å². The van der Waals surface area contributed by atoms with E-state index in [0.29, 0.717) is 11.4 Å². The number of ether oxygens (including phenoxy) is 1.